The lowest BCUT2D eigenvalue weighted by Crippen LogP contribution is -2.29. The van der Waals surface area contributed by atoms with Gasteiger partial charge in [0.2, 0.25) is 0 Å². The molecule has 10 heteroatoms. The minimum atomic E-state index is -3.04. The summed E-state index contributed by atoms with van der Waals surface area (Å²) in [5.74, 6) is -2.66. The largest absolute Gasteiger partial charge is 0.506 e. The number of ether oxygens (including phenoxy) is 1. The van der Waals surface area contributed by atoms with Gasteiger partial charge < -0.3 is 24.3 Å². The fourth-order valence-electron chi connectivity index (χ4n) is 4.04. The summed E-state index contributed by atoms with van der Waals surface area (Å²) in [7, 11) is 0. The molecule has 0 saturated heterocycles. The van der Waals surface area contributed by atoms with Gasteiger partial charge in [-0.2, -0.15) is 8.78 Å². The summed E-state index contributed by atoms with van der Waals surface area (Å²) in [6.07, 6.45) is 1.98. The number of imidazole rings is 1. The summed E-state index contributed by atoms with van der Waals surface area (Å²) in [5.41, 5.74) is -0.653. The van der Waals surface area contributed by atoms with Gasteiger partial charge in [-0.25, -0.2) is 9.78 Å². The molecule has 1 aliphatic rings. The highest BCUT2D eigenvalue weighted by Crippen LogP contribution is 2.50. The van der Waals surface area contributed by atoms with Gasteiger partial charge in [0.25, 0.3) is 5.56 Å². The zero-order chi connectivity index (χ0) is 22.0. The number of hydrogen-bond acceptors (Lipinski definition) is 5. The first-order chi connectivity index (χ1) is 14.0. The van der Waals surface area contributed by atoms with E-state index in [2.05, 4.69) is 14.7 Å². The molecule has 8 nitrogen and oxygen atoms in total. The number of aromatic nitrogens is 3. The number of halogens is 2. The normalized spacial score (nSPS) is 15.9. The molecule has 158 valence electrons. The lowest BCUT2D eigenvalue weighted by molar-refractivity contribution is -0.0491. The van der Waals surface area contributed by atoms with Crippen LogP contribution in [0, 0.1) is 5.41 Å². The van der Waals surface area contributed by atoms with Gasteiger partial charge in [-0.1, -0.05) is 20.8 Å². The summed E-state index contributed by atoms with van der Waals surface area (Å²) in [6, 6.07) is 2.90. The molecule has 0 fully saturated rings. The maximum absolute atomic E-state index is 12.8. The van der Waals surface area contributed by atoms with Gasteiger partial charge in [0.1, 0.15) is 11.4 Å². The zero-order valence-electron chi connectivity index (χ0n) is 16.4. The van der Waals surface area contributed by atoms with E-state index in [4.69, 9.17) is 0 Å². The van der Waals surface area contributed by atoms with Gasteiger partial charge in [-0.05, 0) is 24.0 Å². The minimum Gasteiger partial charge on any atom is -0.506 e. The van der Waals surface area contributed by atoms with Gasteiger partial charge in [0, 0.05) is 17.7 Å². The standard InChI is InChI=1S/C20H19F2N3O5/c1-20(2,3)8-7-9-13(14-11(8)15(26)12(18(28)29)17(27)24-14)23-16-10(30-19(21)22)5-4-6-25(9)16/h4-6,8,19H,7H2,1-3H3,(H,28,29)(H2,24,26,27)/t8-/m0/s1. The van der Waals surface area contributed by atoms with Crippen molar-refractivity contribution in [3.63, 3.8) is 0 Å². The highest BCUT2D eigenvalue weighted by Gasteiger charge is 2.40. The molecule has 0 bridgehead atoms. The van der Waals surface area contributed by atoms with Crippen LogP contribution in [0.1, 0.15) is 48.3 Å². The maximum atomic E-state index is 12.8. The lowest BCUT2D eigenvalue weighted by atomic mass is 9.70. The number of fused-ring (bicyclic) bond motifs is 5. The predicted octanol–water partition coefficient (Wildman–Crippen LogP) is 3.38. The van der Waals surface area contributed by atoms with E-state index in [0.717, 1.165) is 0 Å². The summed E-state index contributed by atoms with van der Waals surface area (Å²) in [5, 5.41) is 20.1. The Balaban J connectivity index is 2.08. The van der Waals surface area contributed by atoms with Crippen LogP contribution < -0.4 is 10.3 Å². The Hall–Kier alpha value is -3.43. The molecular formula is C20H19F2N3O5. The number of nitrogens with zero attached hydrogens (tertiary/aromatic N) is 2. The van der Waals surface area contributed by atoms with Crippen molar-refractivity contribution >= 4 is 11.6 Å². The Kier molecular flexibility index (Phi) is 4.33. The molecule has 3 aromatic rings. The number of rotatable bonds is 3. The van der Waals surface area contributed by atoms with Crippen LogP contribution in [0.3, 0.4) is 0 Å². The van der Waals surface area contributed by atoms with Gasteiger partial charge >= 0.3 is 12.6 Å². The average Bonchev–Trinajstić information content (AvgIpc) is 2.99. The number of carboxylic acids is 1. The molecule has 0 amide bonds. The molecule has 3 N–H and O–H groups in total. The number of aromatic hydroxyl groups is 1. The first-order valence-electron chi connectivity index (χ1n) is 9.18. The number of hydrogen-bond donors (Lipinski definition) is 3. The van der Waals surface area contributed by atoms with E-state index in [1.807, 2.05) is 20.8 Å². The fraction of sp³-hybridized carbons (Fsp3) is 0.350. The maximum Gasteiger partial charge on any atom is 0.387 e. The molecule has 3 aromatic heterocycles. The number of aromatic carboxylic acids is 1. The second-order valence-corrected chi connectivity index (χ2v) is 8.25. The number of pyridine rings is 2. The van der Waals surface area contributed by atoms with Crippen LogP contribution in [0.15, 0.2) is 23.1 Å². The molecular weight excluding hydrogens is 400 g/mol. The van der Waals surface area contributed by atoms with E-state index in [-0.39, 0.29) is 34.3 Å². The van der Waals surface area contributed by atoms with Gasteiger partial charge in [-0.3, -0.25) is 4.79 Å². The molecule has 1 atom stereocenters. The number of nitrogens with one attached hydrogen (secondary N) is 1. The monoisotopic (exact) mass is 419 g/mol. The molecule has 0 aliphatic heterocycles. The summed E-state index contributed by atoms with van der Waals surface area (Å²) in [4.78, 5) is 30.9. The van der Waals surface area contributed by atoms with E-state index in [0.29, 0.717) is 12.1 Å². The number of carbonyl (C=O) groups is 1. The number of aromatic amines is 1. The van der Waals surface area contributed by atoms with E-state index >= 15 is 0 Å². The Morgan fingerprint density at radius 1 is 1.40 bits per heavy atom. The van der Waals surface area contributed by atoms with Crippen molar-refractivity contribution < 1.29 is 28.5 Å². The topological polar surface area (TPSA) is 117 Å². The van der Waals surface area contributed by atoms with Crippen molar-refractivity contribution in [1.29, 1.82) is 0 Å². The third kappa shape index (κ3) is 2.90. The van der Waals surface area contributed by atoms with Crippen molar-refractivity contribution in [2.45, 2.75) is 39.7 Å². The Morgan fingerprint density at radius 2 is 2.10 bits per heavy atom. The van der Waals surface area contributed by atoms with E-state index in [1.54, 1.807) is 16.7 Å². The second kappa shape index (κ2) is 6.54. The van der Waals surface area contributed by atoms with Crippen molar-refractivity contribution in [2.24, 2.45) is 5.41 Å². The summed E-state index contributed by atoms with van der Waals surface area (Å²) < 4.78 is 31.8. The van der Waals surface area contributed by atoms with Gasteiger partial charge in [0.15, 0.2) is 17.0 Å². The predicted molar refractivity (Wildman–Crippen MR) is 102 cm³/mol. The second-order valence-electron chi connectivity index (χ2n) is 8.25. The third-order valence-electron chi connectivity index (χ3n) is 5.40. The Labute approximate surface area is 168 Å². The number of carboxylic acid groups (broad SMARTS) is 1. The smallest absolute Gasteiger partial charge is 0.387 e. The van der Waals surface area contributed by atoms with E-state index < -0.39 is 34.9 Å². The Morgan fingerprint density at radius 3 is 2.70 bits per heavy atom. The average molecular weight is 419 g/mol. The summed E-state index contributed by atoms with van der Waals surface area (Å²) in [6.45, 7) is 2.73. The first kappa shape index (κ1) is 19.9. The van der Waals surface area contributed by atoms with Crippen molar-refractivity contribution in [3.05, 3.63) is 45.5 Å². The Bertz CT molecular complexity index is 1240. The lowest BCUT2D eigenvalue weighted by Gasteiger charge is -2.35. The van der Waals surface area contributed by atoms with Gasteiger partial charge in [0.05, 0.1) is 11.4 Å². The van der Waals surface area contributed by atoms with Crippen molar-refractivity contribution in [1.82, 2.24) is 14.4 Å². The zero-order valence-corrected chi connectivity index (χ0v) is 16.4. The molecule has 1 aliphatic carbocycles. The van der Waals surface area contributed by atoms with Gasteiger partial charge in [-0.15, -0.1) is 0 Å². The number of alkyl halides is 2. The summed E-state index contributed by atoms with van der Waals surface area (Å²) >= 11 is 0. The molecule has 3 heterocycles. The number of H-pyrrole nitrogens is 1. The quantitative estimate of drug-likeness (QED) is 0.599. The van der Waals surface area contributed by atoms with Crippen LogP contribution in [0.5, 0.6) is 11.5 Å². The molecule has 0 aromatic carbocycles. The molecule has 0 spiro atoms. The molecule has 0 unspecified atom stereocenters. The minimum absolute atomic E-state index is 0.131. The third-order valence-corrected chi connectivity index (χ3v) is 5.40. The van der Waals surface area contributed by atoms with Crippen molar-refractivity contribution in [2.75, 3.05) is 0 Å². The highest BCUT2D eigenvalue weighted by atomic mass is 19.3. The molecule has 0 saturated carbocycles. The van der Waals surface area contributed by atoms with E-state index in [9.17, 15) is 28.6 Å². The molecule has 30 heavy (non-hydrogen) atoms. The van der Waals surface area contributed by atoms with Crippen molar-refractivity contribution in [3.8, 4) is 22.9 Å². The molecule has 0 radical (unpaired) electrons. The highest BCUT2D eigenvalue weighted by molar-refractivity contribution is 5.92. The van der Waals surface area contributed by atoms with E-state index in [1.165, 1.54) is 6.07 Å². The van der Waals surface area contributed by atoms with Crippen LogP contribution in [-0.2, 0) is 6.42 Å². The SMILES string of the molecule is CC(C)(C)[C@H]1Cc2c(nc3c(OC(F)F)cccn23)-c2[nH]c(=O)c(C(=O)O)c(O)c21. The molecule has 4 rings (SSSR count). The first-order valence-corrected chi connectivity index (χ1v) is 9.18. The van der Waals surface area contributed by atoms with Crippen LogP contribution in [-0.4, -0.2) is 37.2 Å². The van der Waals surface area contributed by atoms with Crippen LogP contribution in [0.4, 0.5) is 8.78 Å². The van der Waals surface area contributed by atoms with Crippen LogP contribution in [0.2, 0.25) is 0 Å². The van der Waals surface area contributed by atoms with Crippen LogP contribution >= 0.6 is 0 Å². The van der Waals surface area contributed by atoms with Crippen LogP contribution in [0.25, 0.3) is 17.0 Å². The fourth-order valence-corrected chi connectivity index (χ4v) is 4.04.